The number of hydrogen-bond donors (Lipinski definition) is 3. The fourth-order valence-corrected chi connectivity index (χ4v) is 1.25. The van der Waals surface area contributed by atoms with Crippen LogP contribution in [0.15, 0.2) is 12.3 Å². The lowest BCUT2D eigenvalue weighted by molar-refractivity contribution is 0.218. The van der Waals surface area contributed by atoms with Gasteiger partial charge in [-0.3, -0.25) is 0 Å². The molecule has 1 aromatic heterocycles. The number of nitrogens with two attached hydrogens (primary N) is 1. The SMILES string of the molecule is CCC(C)(CO)Nc1ncc(Cl)cc1N. The molecule has 0 radical (unpaired) electrons. The maximum atomic E-state index is 9.23. The van der Waals surface area contributed by atoms with Gasteiger partial charge in [0.2, 0.25) is 0 Å². The quantitative estimate of drug-likeness (QED) is 0.738. The summed E-state index contributed by atoms with van der Waals surface area (Å²) in [5.74, 6) is 0.554. The van der Waals surface area contributed by atoms with Gasteiger partial charge in [0.1, 0.15) is 5.82 Å². The maximum Gasteiger partial charge on any atom is 0.149 e. The zero-order valence-corrected chi connectivity index (χ0v) is 9.67. The van der Waals surface area contributed by atoms with Gasteiger partial charge < -0.3 is 16.2 Å². The second kappa shape index (κ2) is 4.68. The van der Waals surface area contributed by atoms with Crippen molar-refractivity contribution in [2.24, 2.45) is 0 Å². The summed E-state index contributed by atoms with van der Waals surface area (Å²) in [6, 6.07) is 1.63. The van der Waals surface area contributed by atoms with Gasteiger partial charge in [-0.1, -0.05) is 18.5 Å². The molecule has 1 atom stereocenters. The molecule has 0 aromatic carbocycles. The molecule has 1 aromatic rings. The van der Waals surface area contributed by atoms with E-state index in [9.17, 15) is 5.11 Å². The Morgan fingerprint density at radius 1 is 1.67 bits per heavy atom. The molecular weight excluding hydrogens is 214 g/mol. The number of hydrogen-bond acceptors (Lipinski definition) is 4. The van der Waals surface area contributed by atoms with E-state index in [1.165, 1.54) is 6.20 Å². The zero-order chi connectivity index (χ0) is 11.5. The Hall–Kier alpha value is -1.00. The molecule has 0 bridgehead atoms. The fourth-order valence-electron chi connectivity index (χ4n) is 1.08. The van der Waals surface area contributed by atoms with Crippen LogP contribution in [0.25, 0.3) is 0 Å². The van der Waals surface area contributed by atoms with E-state index in [1.54, 1.807) is 6.07 Å². The van der Waals surface area contributed by atoms with Crippen LogP contribution < -0.4 is 11.1 Å². The highest BCUT2D eigenvalue weighted by molar-refractivity contribution is 6.30. The Morgan fingerprint density at radius 3 is 2.80 bits per heavy atom. The second-order valence-corrected chi connectivity index (χ2v) is 4.23. The van der Waals surface area contributed by atoms with E-state index < -0.39 is 5.54 Å². The number of anilines is 2. The van der Waals surface area contributed by atoms with Gasteiger partial charge in [0.05, 0.1) is 22.9 Å². The predicted octanol–water partition coefficient (Wildman–Crippen LogP) is 1.89. The molecule has 4 nitrogen and oxygen atoms in total. The Kier molecular flexibility index (Phi) is 3.77. The summed E-state index contributed by atoms with van der Waals surface area (Å²) < 4.78 is 0. The van der Waals surface area contributed by atoms with E-state index >= 15 is 0 Å². The minimum absolute atomic E-state index is 0.0211. The molecule has 0 spiro atoms. The lowest BCUT2D eigenvalue weighted by Gasteiger charge is -2.28. The van der Waals surface area contributed by atoms with E-state index in [0.29, 0.717) is 16.5 Å². The normalized spacial score (nSPS) is 14.7. The Labute approximate surface area is 94.5 Å². The summed E-state index contributed by atoms with van der Waals surface area (Å²) >= 11 is 5.74. The van der Waals surface area contributed by atoms with Gasteiger partial charge >= 0.3 is 0 Å². The maximum absolute atomic E-state index is 9.23. The van der Waals surface area contributed by atoms with Crippen molar-refractivity contribution in [1.82, 2.24) is 4.98 Å². The lowest BCUT2D eigenvalue weighted by Crippen LogP contribution is -2.38. The zero-order valence-electron chi connectivity index (χ0n) is 8.92. The molecular formula is C10H16ClN3O. The second-order valence-electron chi connectivity index (χ2n) is 3.79. The number of aromatic nitrogens is 1. The molecule has 0 fully saturated rings. The number of nitrogens with zero attached hydrogens (tertiary/aromatic N) is 1. The number of aliphatic hydroxyl groups is 1. The fraction of sp³-hybridized carbons (Fsp3) is 0.500. The van der Waals surface area contributed by atoms with Crippen LogP contribution in [0, 0.1) is 0 Å². The van der Waals surface area contributed by atoms with Crippen molar-refractivity contribution in [2.45, 2.75) is 25.8 Å². The van der Waals surface area contributed by atoms with Crippen molar-refractivity contribution in [3.63, 3.8) is 0 Å². The van der Waals surface area contributed by atoms with Crippen LogP contribution in [0.5, 0.6) is 0 Å². The van der Waals surface area contributed by atoms with Crippen LogP contribution in [-0.4, -0.2) is 22.2 Å². The molecule has 0 saturated carbocycles. The van der Waals surface area contributed by atoms with Crippen molar-refractivity contribution in [3.8, 4) is 0 Å². The molecule has 1 heterocycles. The van der Waals surface area contributed by atoms with Crippen LogP contribution >= 0.6 is 11.6 Å². The Balaban J connectivity index is 2.89. The van der Waals surface area contributed by atoms with E-state index in [-0.39, 0.29) is 6.61 Å². The van der Waals surface area contributed by atoms with Gasteiger partial charge in [0, 0.05) is 6.20 Å². The third-order valence-corrected chi connectivity index (χ3v) is 2.64. The van der Waals surface area contributed by atoms with Crippen LogP contribution in [0.2, 0.25) is 5.02 Å². The van der Waals surface area contributed by atoms with E-state index in [2.05, 4.69) is 10.3 Å². The topological polar surface area (TPSA) is 71.2 Å². The van der Waals surface area contributed by atoms with Crippen molar-refractivity contribution in [1.29, 1.82) is 0 Å². The average Bonchev–Trinajstić information content (AvgIpc) is 2.22. The first kappa shape index (κ1) is 12.1. The average molecular weight is 230 g/mol. The van der Waals surface area contributed by atoms with Crippen molar-refractivity contribution in [3.05, 3.63) is 17.3 Å². The number of nitrogens with one attached hydrogen (secondary N) is 1. The first-order valence-electron chi connectivity index (χ1n) is 4.81. The summed E-state index contributed by atoms with van der Waals surface area (Å²) in [6.07, 6.45) is 2.29. The minimum Gasteiger partial charge on any atom is -0.396 e. The molecule has 0 aliphatic carbocycles. The van der Waals surface area contributed by atoms with Gasteiger partial charge in [0.15, 0.2) is 0 Å². The number of aliphatic hydroxyl groups excluding tert-OH is 1. The van der Waals surface area contributed by atoms with Crippen LogP contribution in [0.3, 0.4) is 0 Å². The molecule has 0 aliphatic heterocycles. The molecule has 5 heteroatoms. The van der Waals surface area contributed by atoms with Crippen molar-refractivity contribution in [2.75, 3.05) is 17.7 Å². The molecule has 84 valence electrons. The van der Waals surface area contributed by atoms with Crippen LogP contribution in [-0.2, 0) is 0 Å². The number of pyridine rings is 1. The van der Waals surface area contributed by atoms with Gasteiger partial charge in [-0.2, -0.15) is 0 Å². The number of halogens is 1. The molecule has 4 N–H and O–H groups in total. The molecule has 0 aliphatic rings. The molecule has 0 amide bonds. The van der Waals surface area contributed by atoms with Gasteiger partial charge in [0.25, 0.3) is 0 Å². The lowest BCUT2D eigenvalue weighted by atomic mass is 10.0. The van der Waals surface area contributed by atoms with E-state index in [1.807, 2.05) is 13.8 Å². The first-order chi connectivity index (χ1) is 7.00. The largest absolute Gasteiger partial charge is 0.396 e. The molecule has 15 heavy (non-hydrogen) atoms. The van der Waals surface area contributed by atoms with Crippen LogP contribution in [0.1, 0.15) is 20.3 Å². The Bertz CT molecular complexity index is 339. The van der Waals surface area contributed by atoms with Crippen molar-refractivity contribution < 1.29 is 5.11 Å². The highest BCUT2D eigenvalue weighted by Gasteiger charge is 2.21. The van der Waals surface area contributed by atoms with Gasteiger partial charge in [-0.25, -0.2) is 4.98 Å². The monoisotopic (exact) mass is 229 g/mol. The first-order valence-corrected chi connectivity index (χ1v) is 5.18. The highest BCUT2D eigenvalue weighted by atomic mass is 35.5. The van der Waals surface area contributed by atoms with Crippen LogP contribution in [0.4, 0.5) is 11.5 Å². The number of rotatable bonds is 4. The molecule has 0 saturated heterocycles. The van der Waals surface area contributed by atoms with E-state index in [0.717, 1.165) is 6.42 Å². The number of nitrogen functional groups attached to an aromatic ring is 1. The highest BCUT2D eigenvalue weighted by Crippen LogP contribution is 2.23. The van der Waals surface area contributed by atoms with Crippen molar-refractivity contribution >= 4 is 23.1 Å². The smallest absolute Gasteiger partial charge is 0.149 e. The van der Waals surface area contributed by atoms with Gasteiger partial charge in [-0.05, 0) is 19.4 Å². The predicted molar refractivity (Wildman–Crippen MR) is 63.1 cm³/mol. The summed E-state index contributed by atoms with van der Waals surface area (Å²) in [5.41, 5.74) is 5.82. The summed E-state index contributed by atoms with van der Waals surface area (Å²) in [5, 5.41) is 12.8. The summed E-state index contributed by atoms with van der Waals surface area (Å²) in [4.78, 5) is 4.08. The summed E-state index contributed by atoms with van der Waals surface area (Å²) in [6.45, 7) is 3.91. The van der Waals surface area contributed by atoms with Gasteiger partial charge in [-0.15, -0.1) is 0 Å². The van der Waals surface area contributed by atoms with E-state index in [4.69, 9.17) is 17.3 Å². The third kappa shape index (κ3) is 2.97. The molecule has 1 rings (SSSR count). The molecule has 1 unspecified atom stereocenters. The Morgan fingerprint density at radius 2 is 2.33 bits per heavy atom. The third-order valence-electron chi connectivity index (χ3n) is 2.43. The standard InChI is InChI=1S/C10H16ClN3O/c1-3-10(2,6-15)14-9-8(12)4-7(11)5-13-9/h4-5,15H,3,6,12H2,1-2H3,(H,13,14). The minimum atomic E-state index is -0.408. The summed E-state index contributed by atoms with van der Waals surface area (Å²) in [7, 11) is 0.